The molecule has 0 saturated carbocycles. The largest absolute Gasteiger partial charge is 0.396 e. The molecule has 0 amide bonds. The van der Waals surface area contributed by atoms with Crippen molar-refractivity contribution >= 4 is 0 Å². The lowest BCUT2D eigenvalue weighted by Crippen LogP contribution is -2.21. The van der Waals surface area contributed by atoms with E-state index in [0.29, 0.717) is 12.5 Å². The number of aromatic nitrogens is 2. The monoisotopic (exact) mass is 285 g/mol. The first kappa shape index (κ1) is 14.3. The summed E-state index contributed by atoms with van der Waals surface area (Å²) < 4.78 is 2.07. The zero-order valence-electron chi connectivity index (χ0n) is 12.6. The van der Waals surface area contributed by atoms with E-state index < -0.39 is 0 Å². The standard InChI is InChI=1S/C17H23N3O/c1-14-17(12-19-8-7-16(10-19)13-21)9-18-20(14)11-15-5-3-2-4-6-15/h2-6,9,16,21H,7-8,10-13H2,1H3. The third kappa shape index (κ3) is 3.34. The van der Waals surface area contributed by atoms with E-state index >= 15 is 0 Å². The van der Waals surface area contributed by atoms with Crippen LogP contribution in [0.25, 0.3) is 0 Å². The molecule has 1 aromatic carbocycles. The van der Waals surface area contributed by atoms with Gasteiger partial charge in [-0.1, -0.05) is 30.3 Å². The highest BCUT2D eigenvalue weighted by molar-refractivity contribution is 5.20. The summed E-state index contributed by atoms with van der Waals surface area (Å²) in [6.07, 6.45) is 3.10. The molecule has 1 aliphatic heterocycles. The van der Waals surface area contributed by atoms with E-state index in [1.165, 1.54) is 16.8 Å². The first-order valence-corrected chi connectivity index (χ1v) is 7.64. The van der Waals surface area contributed by atoms with Crippen molar-refractivity contribution in [3.63, 3.8) is 0 Å². The predicted molar refractivity (Wildman–Crippen MR) is 83.0 cm³/mol. The molecule has 1 unspecified atom stereocenters. The van der Waals surface area contributed by atoms with E-state index in [0.717, 1.165) is 32.6 Å². The van der Waals surface area contributed by atoms with E-state index in [1.807, 2.05) is 12.3 Å². The molecule has 0 aliphatic carbocycles. The maximum absolute atomic E-state index is 9.23. The lowest BCUT2D eigenvalue weighted by molar-refractivity contribution is 0.220. The molecule has 0 spiro atoms. The zero-order chi connectivity index (χ0) is 14.7. The number of benzene rings is 1. The van der Waals surface area contributed by atoms with Gasteiger partial charge in [-0.05, 0) is 31.4 Å². The fraction of sp³-hybridized carbons (Fsp3) is 0.471. The van der Waals surface area contributed by atoms with E-state index in [4.69, 9.17) is 0 Å². The second kappa shape index (κ2) is 6.41. The SMILES string of the molecule is Cc1c(CN2CCC(CO)C2)cnn1Cc1ccccc1. The van der Waals surface area contributed by atoms with Crippen molar-refractivity contribution in [2.45, 2.75) is 26.4 Å². The van der Waals surface area contributed by atoms with Crippen molar-refractivity contribution in [1.82, 2.24) is 14.7 Å². The highest BCUT2D eigenvalue weighted by Crippen LogP contribution is 2.19. The fourth-order valence-corrected chi connectivity index (χ4v) is 3.00. The Labute approximate surface area is 126 Å². The Morgan fingerprint density at radius 1 is 1.24 bits per heavy atom. The van der Waals surface area contributed by atoms with Crippen molar-refractivity contribution in [2.75, 3.05) is 19.7 Å². The molecule has 112 valence electrons. The third-order valence-corrected chi connectivity index (χ3v) is 4.40. The van der Waals surface area contributed by atoms with Crippen molar-refractivity contribution in [3.05, 3.63) is 53.3 Å². The Hall–Kier alpha value is -1.65. The molecule has 1 aliphatic rings. The number of hydrogen-bond acceptors (Lipinski definition) is 3. The topological polar surface area (TPSA) is 41.3 Å². The number of likely N-dealkylation sites (tertiary alicyclic amines) is 1. The second-order valence-corrected chi connectivity index (χ2v) is 5.97. The van der Waals surface area contributed by atoms with Gasteiger partial charge in [-0.2, -0.15) is 5.10 Å². The summed E-state index contributed by atoms with van der Waals surface area (Å²) in [5, 5.41) is 13.8. The van der Waals surface area contributed by atoms with Gasteiger partial charge < -0.3 is 5.11 Å². The van der Waals surface area contributed by atoms with Gasteiger partial charge in [-0.15, -0.1) is 0 Å². The van der Waals surface area contributed by atoms with E-state index in [-0.39, 0.29) is 0 Å². The predicted octanol–water partition coefficient (Wildman–Crippen LogP) is 2.05. The van der Waals surface area contributed by atoms with Gasteiger partial charge in [0, 0.05) is 31.0 Å². The molecule has 1 N–H and O–H groups in total. The lowest BCUT2D eigenvalue weighted by Gasteiger charge is -2.15. The van der Waals surface area contributed by atoms with E-state index in [1.54, 1.807) is 0 Å². The molecular formula is C17H23N3O. The molecular weight excluding hydrogens is 262 g/mol. The minimum absolute atomic E-state index is 0.308. The number of aliphatic hydroxyl groups is 1. The summed E-state index contributed by atoms with van der Waals surface area (Å²) in [6, 6.07) is 10.4. The summed E-state index contributed by atoms with van der Waals surface area (Å²) in [6.45, 7) is 6.30. The molecule has 4 heteroatoms. The molecule has 1 atom stereocenters. The van der Waals surface area contributed by atoms with Crippen LogP contribution in [0.4, 0.5) is 0 Å². The zero-order valence-corrected chi connectivity index (χ0v) is 12.6. The van der Waals surface area contributed by atoms with Gasteiger partial charge in [-0.3, -0.25) is 9.58 Å². The average Bonchev–Trinajstić information content (AvgIpc) is 3.10. The fourth-order valence-electron chi connectivity index (χ4n) is 3.00. The van der Waals surface area contributed by atoms with Crippen LogP contribution in [0.1, 0.15) is 23.2 Å². The highest BCUT2D eigenvalue weighted by atomic mass is 16.3. The van der Waals surface area contributed by atoms with Gasteiger partial charge in [0.1, 0.15) is 0 Å². The minimum atomic E-state index is 0.308. The Morgan fingerprint density at radius 2 is 2.05 bits per heavy atom. The molecule has 1 fully saturated rings. The summed E-state index contributed by atoms with van der Waals surface area (Å²) >= 11 is 0. The van der Waals surface area contributed by atoms with Crippen LogP contribution >= 0.6 is 0 Å². The molecule has 21 heavy (non-hydrogen) atoms. The summed E-state index contributed by atoms with van der Waals surface area (Å²) in [5.74, 6) is 0.449. The first-order valence-electron chi connectivity index (χ1n) is 7.64. The molecule has 3 rings (SSSR count). The van der Waals surface area contributed by atoms with Crippen LogP contribution in [0.15, 0.2) is 36.5 Å². The van der Waals surface area contributed by atoms with Gasteiger partial charge in [0.05, 0.1) is 12.7 Å². The smallest absolute Gasteiger partial charge is 0.0662 e. The van der Waals surface area contributed by atoms with Crippen molar-refractivity contribution in [1.29, 1.82) is 0 Å². The Kier molecular flexibility index (Phi) is 4.36. The van der Waals surface area contributed by atoms with Crippen LogP contribution in [0.3, 0.4) is 0 Å². The maximum Gasteiger partial charge on any atom is 0.0662 e. The molecule has 1 aromatic heterocycles. The van der Waals surface area contributed by atoms with Gasteiger partial charge >= 0.3 is 0 Å². The van der Waals surface area contributed by atoms with Crippen LogP contribution in [0, 0.1) is 12.8 Å². The number of rotatable bonds is 5. The number of nitrogens with zero attached hydrogens (tertiary/aromatic N) is 3. The number of aliphatic hydroxyl groups excluding tert-OH is 1. The van der Waals surface area contributed by atoms with Crippen LogP contribution < -0.4 is 0 Å². The first-order chi connectivity index (χ1) is 10.3. The number of hydrogen-bond donors (Lipinski definition) is 1. The Morgan fingerprint density at radius 3 is 2.76 bits per heavy atom. The highest BCUT2D eigenvalue weighted by Gasteiger charge is 2.22. The second-order valence-electron chi connectivity index (χ2n) is 5.97. The van der Waals surface area contributed by atoms with Crippen molar-refractivity contribution in [3.8, 4) is 0 Å². The Balaban J connectivity index is 1.65. The van der Waals surface area contributed by atoms with Crippen molar-refractivity contribution in [2.24, 2.45) is 5.92 Å². The normalized spacial score (nSPS) is 19.2. The van der Waals surface area contributed by atoms with Crippen LogP contribution in [-0.4, -0.2) is 39.5 Å². The summed E-state index contributed by atoms with van der Waals surface area (Å²) in [7, 11) is 0. The van der Waals surface area contributed by atoms with Crippen LogP contribution in [0.5, 0.6) is 0 Å². The minimum Gasteiger partial charge on any atom is -0.396 e. The van der Waals surface area contributed by atoms with Crippen LogP contribution in [-0.2, 0) is 13.1 Å². The van der Waals surface area contributed by atoms with Gasteiger partial charge in [0.15, 0.2) is 0 Å². The van der Waals surface area contributed by atoms with Gasteiger partial charge in [0.25, 0.3) is 0 Å². The maximum atomic E-state index is 9.23. The van der Waals surface area contributed by atoms with Gasteiger partial charge in [0.2, 0.25) is 0 Å². The summed E-state index contributed by atoms with van der Waals surface area (Å²) in [5.41, 5.74) is 3.81. The van der Waals surface area contributed by atoms with Gasteiger partial charge in [-0.25, -0.2) is 0 Å². The molecule has 4 nitrogen and oxygen atoms in total. The quantitative estimate of drug-likeness (QED) is 0.914. The molecule has 1 saturated heterocycles. The third-order valence-electron chi connectivity index (χ3n) is 4.40. The summed E-state index contributed by atoms with van der Waals surface area (Å²) in [4.78, 5) is 2.41. The Bertz CT molecular complexity index is 579. The average molecular weight is 285 g/mol. The molecule has 2 aromatic rings. The molecule has 0 bridgehead atoms. The van der Waals surface area contributed by atoms with Crippen molar-refractivity contribution < 1.29 is 5.11 Å². The lowest BCUT2D eigenvalue weighted by atomic mass is 10.1. The van der Waals surface area contributed by atoms with E-state index in [9.17, 15) is 5.11 Å². The molecule has 2 heterocycles. The molecule has 0 radical (unpaired) electrons. The van der Waals surface area contributed by atoms with E-state index in [2.05, 4.69) is 45.9 Å². The van der Waals surface area contributed by atoms with Crippen LogP contribution in [0.2, 0.25) is 0 Å².